The molecule has 0 unspecified atom stereocenters. The van der Waals surface area contributed by atoms with Crippen LogP contribution in [0.2, 0.25) is 0 Å². The van der Waals surface area contributed by atoms with Crippen molar-refractivity contribution < 1.29 is 13.9 Å². The molecule has 0 radical (unpaired) electrons. The number of amides is 1. The van der Waals surface area contributed by atoms with Crippen molar-refractivity contribution in [2.45, 2.75) is 44.9 Å². The average Bonchev–Trinajstić information content (AvgIpc) is 3.12. The summed E-state index contributed by atoms with van der Waals surface area (Å²) < 4.78 is 7.50. The number of carbonyl (C=O) groups excluding carboxylic acids is 1. The molecule has 1 aliphatic heterocycles. The van der Waals surface area contributed by atoms with Gasteiger partial charge in [-0.3, -0.25) is 14.6 Å². The third-order valence-corrected chi connectivity index (χ3v) is 5.80. The molecule has 1 aromatic carbocycles. The van der Waals surface area contributed by atoms with E-state index in [1.807, 2.05) is 43.3 Å². The summed E-state index contributed by atoms with van der Waals surface area (Å²) in [6.07, 6.45) is 1.42. The Morgan fingerprint density at radius 3 is 2.79 bits per heavy atom. The number of rotatable bonds is 5. The third-order valence-electron chi connectivity index (χ3n) is 4.85. The van der Waals surface area contributed by atoms with Crippen molar-refractivity contribution in [2.24, 2.45) is 0 Å². The van der Waals surface area contributed by atoms with Crippen LogP contribution in [0.1, 0.15) is 44.4 Å². The largest absolute Gasteiger partial charge is 0.457 e. The lowest BCUT2D eigenvalue weighted by Crippen LogP contribution is -2.60. The molecule has 29 heavy (non-hydrogen) atoms. The zero-order valence-electron chi connectivity index (χ0n) is 16.6. The highest BCUT2D eigenvalue weighted by atomic mass is 32.2. The van der Waals surface area contributed by atoms with E-state index in [0.29, 0.717) is 27.9 Å². The Morgan fingerprint density at radius 1 is 1.31 bits per heavy atom. The number of thioether (sulfide) groups is 1. The number of aromatic amines is 1. The molecule has 0 bridgehead atoms. The SMILES string of the molecule is CCCCSc1n[n+]2c(c(=O)[nH]1)-c1ccccc1N(C(C)=O)[C@@H]2c1ccc(C)o1. The van der Waals surface area contributed by atoms with Crippen LogP contribution in [0.4, 0.5) is 5.69 Å². The van der Waals surface area contributed by atoms with E-state index >= 15 is 0 Å². The molecular weight excluding hydrogens is 388 g/mol. The Kier molecular flexibility index (Phi) is 5.27. The average molecular weight is 412 g/mol. The number of nitrogens with one attached hydrogen (secondary N) is 1. The van der Waals surface area contributed by atoms with Crippen molar-refractivity contribution >= 4 is 23.4 Å². The predicted octanol–water partition coefficient (Wildman–Crippen LogP) is 3.43. The number of fused-ring (bicyclic) bond motifs is 3. The molecule has 0 saturated carbocycles. The van der Waals surface area contributed by atoms with E-state index in [9.17, 15) is 9.59 Å². The van der Waals surface area contributed by atoms with Crippen molar-refractivity contribution in [2.75, 3.05) is 10.7 Å². The molecule has 0 fully saturated rings. The molecule has 4 rings (SSSR count). The van der Waals surface area contributed by atoms with E-state index in [0.717, 1.165) is 24.4 Å². The quantitative estimate of drug-likeness (QED) is 0.395. The van der Waals surface area contributed by atoms with Crippen LogP contribution in [0.15, 0.2) is 50.8 Å². The summed E-state index contributed by atoms with van der Waals surface area (Å²) in [5, 5.41) is 5.25. The van der Waals surface area contributed by atoms with Gasteiger partial charge in [-0.25, -0.2) is 4.90 Å². The lowest BCUT2D eigenvalue weighted by molar-refractivity contribution is -0.764. The zero-order chi connectivity index (χ0) is 20.5. The molecule has 0 aliphatic carbocycles. The first-order valence-electron chi connectivity index (χ1n) is 9.65. The molecule has 0 spiro atoms. The van der Waals surface area contributed by atoms with Gasteiger partial charge in [-0.1, -0.05) is 37.2 Å². The highest BCUT2D eigenvalue weighted by Gasteiger charge is 2.46. The number of hydrogen-bond donors (Lipinski definition) is 1. The monoisotopic (exact) mass is 411 g/mol. The van der Waals surface area contributed by atoms with Crippen molar-refractivity contribution in [3.8, 4) is 11.3 Å². The summed E-state index contributed by atoms with van der Waals surface area (Å²) in [4.78, 5) is 30.3. The van der Waals surface area contributed by atoms with Gasteiger partial charge in [0.2, 0.25) is 11.1 Å². The molecule has 7 nitrogen and oxygen atoms in total. The molecule has 0 saturated heterocycles. The van der Waals surface area contributed by atoms with Crippen molar-refractivity contribution in [3.63, 3.8) is 0 Å². The van der Waals surface area contributed by atoms with Gasteiger partial charge in [-0.15, -0.1) is 0 Å². The number of aryl methyl sites for hydroxylation is 1. The van der Waals surface area contributed by atoms with Crippen LogP contribution < -0.4 is 15.1 Å². The second-order valence-corrected chi connectivity index (χ2v) is 8.07. The fourth-order valence-electron chi connectivity index (χ4n) is 3.54. The number of aromatic nitrogens is 3. The summed E-state index contributed by atoms with van der Waals surface area (Å²) in [5.74, 6) is 1.99. The number of anilines is 1. The number of para-hydroxylation sites is 1. The first-order valence-corrected chi connectivity index (χ1v) is 10.6. The lowest BCUT2D eigenvalue weighted by atomic mass is 10.0. The van der Waals surface area contributed by atoms with Gasteiger partial charge < -0.3 is 4.42 Å². The van der Waals surface area contributed by atoms with E-state index in [1.54, 1.807) is 9.58 Å². The molecule has 8 heteroatoms. The zero-order valence-corrected chi connectivity index (χ0v) is 17.5. The van der Waals surface area contributed by atoms with Gasteiger partial charge in [0, 0.05) is 17.8 Å². The van der Waals surface area contributed by atoms with Crippen molar-refractivity contribution in [1.29, 1.82) is 0 Å². The summed E-state index contributed by atoms with van der Waals surface area (Å²) in [5.41, 5.74) is 1.51. The molecule has 150 valence electrons. The number of carbonyl (C=O) groups is 1. The van der Waals surface area contributed by atoms with Gasteiger partial charge in [0.25, 0.3) is 0 Å². The third kappa shape index (κ3) is 3.48. The second kappa shape index (κ2) is 7.87. The topological polar surface area (TPSA) is 83.1 Å². The van der Waals surface area contributed by atoms with Crippen molar-refractivity contribution in [3.05, 3.63) is 58.3 Å². The number of furan rings is 1. The van der Waals surface area contributed by atoms with Crippen LogP contribution in [0, 0.1) is 6.92 Å². The number of H-pyrrole nitrogens is 1. The maximum Gasteiger partial charge on any atom is 0.325 e. The van der Waals surface area contributed by atoms with E-state index in [1.165, 1.54) is 18.7 Å². The van der Waals surface area contributed by atoms with E-state index in [4.69, 9.17) is 9.52 Å². The molecule has 1 aliphatic rings. The second-order valence-electron chi connectivity index (χ2n) is 6.98. The van der Waals surface area contributed by atoms with Crippen molar-refractivity contribution in [1.82, 2.24) is 10.1 Å². The first kappa shape index (κ1) is 19.4. The molecule has 3 aromatic rings. The number of benzene rings is 1. The number of hydrogen-bond acceptors (Lipinski definition) is 5. The Hall–Kier alpha value is -2.87. The highest BCUT2D eigenvalue weighted by Crippen LogP contribution is 2.37. The highest BCUT2D eigenvalue weighted by molar-refractivity contribution is 7.99. The van der Waals surface area contributed by atoms with E-state index in [2.05, 4.69) is 11.9 Å². The molecular formula is C21H23N4O3S+. The van der Waals surface area contributed by atoms with Crippen LogP contribution in [0.25, 0.3) is 11.3 Å². The molecule has 2 aromatic heterocycles. The summed E-state index contributed by atoms with van der Waals surface area (Å²) in [6.45, 7) is 5.48. The lowest BCUT2D eigenvalue weighted by Gasteiger charge is -2.30. The smallest absolute Gasteiger partial charge is 0.325 e. The molecule has 3 heterocycles. The van der Waals surface area contributed by atoms with Gasteiger partial charge in [0.15, 0.2) is 5.76 Å². The summed E-state index contributed by atoms with van der Waals surface area (Å²) in [7, 11) is 0. The van der Waals surface area contributed by atoms with E-state index in [-0.39, 0.29) is 11.5 Å². The summed E-state index contributed by atoms with van der Waals surface area (Å²) in [6, 6.07) is 11.0. The van der Waals surface area contributed by atoms with Gasteiger partial charge >= 0.3 is 17.4 Å². The molecule has 1 atom stereocenters. The van der Waals surface area contributed by atoms with Crippen LogP contribution >= 0.6 is 11.8 Å². The van der Waals surface area contributed by atoms with Crippen LogP contribution in [-0.4, -0.2) is 21.7 Å². The fraction of sp³-hybridized carbons (Fsp3) is 0.333. The minimum Gasteiger partial charge on any atom is -0.457 e. The predicted molar refractivity (Wildman–Crippen MR) is 111 cm³/mol. The minimum atomic E-state index is -0.668. The standard InChI is InChI=1S/C21H22N4O3S/c1-4-5-12-29-21-22-19(27)18-15-8-6-7-9-16(15)24(14(3)26)20(25(18)23-21)17-11-10-13(2)28-17/h6-11,20H,4-5,12H2,1-3H3/p+1/t20-/m0/s1. The van der Waals surface area contributed by atoms with Crippen LogP contribution in [-0.2, 0) is 4.79 Å². The first-order chi connectivity index (χ1) is 14.0. The Labute approximate surface area is 172 Å². The van der Waals surface area contributed by atoms with E-state index < -0.39 is 6.17 Å². The fourth-order valence-corrected chi connectivity index (χ4v) is 4.48. The minimum absolute atomic E-state index is 0.156. The van der Waals surface area contributed by atoms with Gasteiger partial charge in [-0.2, -0.15) is 0 Å². The summed E-state index contributed by atoms with van der Waals surface area (Å²) >= 11 is 1.50. The Bertz CT molecular complexity index is 1120. The maximum absolute atomic E-state index is 13.1. The number of nitrogens with zero attached hydrogens (tertiary/aromatic N) is 3. The van der Waals surface area contributed by atoms with Crippen LogP contribution in [0.5, 0.6) is 0 Å². The number of unbranched alkanes of at least 4 members (excludes halogenated alkanes) is 1. The molecule has 1 N–H and O–H groups in total. The van der Waals surface area contributed by atoms with Gasteiger partial charge in [-0.05, 0) is 42.3 Å². The Morgan fingerprint density at radius 2 is 2.10 bits per heavy atom. The van der Waals surface area contributed by atoms with Gasteiger partial charge in [0.1, 0.15) is 5.76 Å². The molecule has 1 amide bonds. The Balaban J connectivity index is 1.96. The normalized spacial score (nSPS) is 15.1. The maximum atomic E-state index is 13.1. The van der Waals surface area contributed by atoms with Gasteiger partial charge in [0.05, 0.1) is 11.3 Å². The van der Waals surface area contributed by atoms with Crippen LogP contribution in [0.3, 0.4) is 0 Å².